The number of nitrogens with two attached hydrogens (primary N) is 1. The maximum absolute atomic E-state index is 12.2. The van der Waals surface area contributed by atoms with Gasteiger partial charge >= 0.3 is 6.09 Å². The number of nitrogens with zero attached hydrogens (tertiary/aromatic N) is 3. The number of aromatic nitrogens is 1. The number of pyridine rings is 1. The molecule has 0 unspecified atom stereocenters. The first-order valence-electron chi connectivity index (χ1n) is 8.19. The van der Waals surface area contributed by atoms with Crippen molar-refractivity contribution in [3.8, 4) is 0 Å². The molecule has 1 fully saturated rings. The number of carbonyl (C=O) groups is 1. The third kappa shape index (κ3) is 4.82. The Kier molecular flexibility index (Phi) is 5.46. The molecule has 128 valence electrons. The highest BCUT2D eigenvalue weighted by molar-refractivity contribution is 5.68. The van der Waals surface area contributed by atoms with E-state index in [1.54, 1.807) is 4.90 Å². The summed E-state index contributed by atoms with van der Waals surface area (Å²) in [6, 6.07) is 4.02. The van der Waals surface area contributed by atoms with Gasteiger partial charge in [-0.05, 0) is 40.2 Å². The standard InChI is InChI=1S/C17H28N4O2/c1-13-6-7-14(12-18)15(19-13)20-8-5-9-21(11-10-20)16(22)23-17(2,3)4/h6-7H,5,8-12,18H2,1-4H3. The van der Waals surface area contributed by atoms with Crippen LogP contribution in [0.1, 0.15) is 38.4 Å². The van der Waals surface area contributed by atoms with Crippen molar-refractivity contribution in [2.24, 2.45) is 5.73 Å². The first kappa shape index (κ1) is 17.5. The van der Waals surface area contributed by atoms with Gasteiger partial charge in [0.05, 0.1) is 0 Å². The third-order valence-electron chi connectivity index (χ3n) is 3.76. The quantitative estimate of drug-likeness (QED) is 0.905. The monoisotopic (exact) mass is 320 g/mol. The normalized spacial score (nSPS) is 16.2. The largest absolute Gasteiger partial charge is 0.444 e. The topological polar surface area (TPSA) is 71.7 Å². The van der Waals surface area contributed by atoms with Crippen molar-refractivity contribution >= 4 is 11.9 Å². The van der Waals surface area contributed by atoms with E-state index in [2.05, 4.69) is 9.88 Å². The molecule has 0 atom stereocenters. The van der Waals surface area contributed by atoms with Crippen LogP contribution in [0.25, 0.3) is 0 Å². The summed E-state index contributed by atoms with van der Waals surface area (Å²) >= 11 is 0. The van der Waals surface area contributed by atoms with Gasteiger partial charge in [-0.25, -0.2) is 9.78 Å². The van der Waals surface area contributed by atoms with Crippen molar-refractivity contribution in [2.75, 3.05) is 31.1 Å². The molecule has 1 aliphatic rings. The van der Waals surface area contributed by atoms with Crippen LogP contribution in [0.2, 0.25) is 0 Å². The van der Waals surface area contributed by atoms with Crippen molar-refractivity contribution < 1.29 is 9.53 Å². The SMILES string of the molecule is Cc1ccc(CN)c(N2CCCN(C(=O)OC(C)(C)C)CC2)n1. The molecule has 0 aromatic carbocycles. The van der Waals surface area contributed by atoms with Gasteiger partial charge in [-0.2, -0.15) is 0 Å². The van der Waals surface area contributed by atoms with Crippen LogP contribution in [-0.2, 0) is 11.3 Å². The van der Waals surface area contributed by atoms with Crippen molar-refractivity contribution in [1.82, 2.24) is 9.88 Å². The summed E-state index contributed by atoms with van der Waals surface area (Å²) in [5.41, 5.74) is 7.40. The molecule has 6 nitrogen and oxygen atoms in total. The molecule has 0 radical (unpaired) electrons. The van der Waals surface area contributed by atoms with Crippen molar-refractivity contribution in [3.63, 3.8) is 0 Å². The lowest BCUT2D eigenvalue weighted by molar-refractivity contribution is 0.0263. The molecule has 1 aliphatic heterocycles. The first-order chi connectivity index (χ1) is 10.8. The summed E-state index contributed by atoms with van der Waals surface area (Å²) in [6.07, 6.45) is 0.648. The fourth-order valence-corrected chi connectivity index (χ4v) is 2.64. The molecule has 1 aromatic rings. The number of anilines is 1. The predicted octanol–water partition coefficient (Wildman–Crippen LogP) is 2.30. The molecule has 0 aliphatic carbocycles. The van der Waals surface area contributed by atoms with E-state index in [1.165, 1.54) is 0 Å². The second-order valence-corrected chi connectivity index (χ2v) is 6.95. The second-order valence-electron chi connectivity index (χ2n) is 6.95. The second kappa shape index (κ2) is 7.17. The van der Waals surface area contributed by atoms with Crippen LogP contribution in [0.5, 0.6) is 0 Å². The molecular weight excluding hydrogens is 292 g/mol. The Morgan fingerprint density at radius 1 is 1.26 bits per heavy atom. The predicted molar refractivity (Wildman–Crippen MR) is 91.5 cm³/mol. The molecule has 1 saturated heterocycles. The van der Waals surface area contributed by atoms with E-state index in [9.17, 15) is 4.79 Å². The number of hydrogen-bond acceptors (Lipinski definition) is 5. The van der Waals surface area contributed by atoms with Crippen LogP contribution in [0, 0.1) is 6.92 Å². The minimum atomic E-state index is -0.464. The zero-order chi connectivity index (χ0) is 17.0. The fourth-order valence-electron chi connectivity index (χ4n) is 2.64. The van der Waals surface area contributed by atoms with Crippen molar-refractivity contribution in [1.29, 1.82) is 0 Å². The third-order valence-corrected chi connectivity index (χ3v) is 3.76. The summed E-state index contributed by atoms with van der Waals surface area (Å²) in [5, 5.41) is 0. The molecule has 2 heterocycles. The van der Waals surface area contributed by atoms with Crippen LogP contribution < -0.4 is 10.6 Å². The van der Waals surface area contributed by atoms with Gasteiger partial charge in [-0.3, -0.25) is 0 Å². The lowest BCUT2D eigenvalue weighted by Crippen LogP contribution is -2.39. The maximum Gasteiger partial charge on any atom is 0.410 e. The smallest absolute Gasteiger partial charge is 0.410 e. The van der Waals surface area contributed by atoms with Crippen molar-refractivity contribution in [3.05, 3.63) is 23.4 Å². The summed E-state index contributed by atoms with van der Waals surface area (Å²) in [4.78, 5) is 20.9. The number of amides is 1. The van der Waals surface area contributed by atoms with Crippen LogP contribution in [0.3, 0.4) is 0 Å². The molecule has 2 N–H and O–H groups in total. The Labute approximate surface area is 138 Å². The van der Waals surface area contributed by atoms with Crippen LogP contribution >= 0.6 is 0 Å². The number of ether oxygens (including phenoxy) is 1. The number of rotatable bonds is 2. The number of carbonyl (C=O) groups excluding carboxylic acids is 1. The Morgan fingerprint density at radius 3 is 2.65 bits per heavy atom. The molecular formula is C17H28N4O2. The Morgan fingerprint density at radius 2 is 2.00 bits per heavy atom. The highest BCUT2D eigenvalue weighted by atomic mass is 16.6. The molecule has 1 aromatic heterocycles. The van der Waals surface area contributed by atoms with Crippen molar-refractivity contribution in [2.45, 2.75) is 46.3 Å². The molecule has 2 rings (SSSR count). The minimum Gasteiger partial charge on any atom is -0.444 e. The van der Waals surface area contributed by atoms with E-state index in [0.29, 0.717) is 19.6 Å². The van der Waals surface area contributed by atoms with Gasteiger partial charge in [0, 0.05) is 44.0 Å². The summed E-state index contributed by atoms with van der Waals surface area (Å²) < 4.78 is 5.47. The first-order valence-corrected chi connectivity index (χ1v) is 8.19. The van der Waals surface area contributed by atoms with Crippen LogP contribution in [-0.4, -0.2) is 47.8 Å². The number of aryl methyl sites for hydroxylation is 1. The highest BCUT2D eigenvalue weighted by Gasteiger charge is 2.25. The van der Waals surface area contributed by atoms with Gasteiger partial charge < -0.3 is 20.3 Å². The van der Waals surface area contributed by atoms with E-state index in [4.69, 9.17) is 10.5 Å². The molecule has 1 amide bonds. The van der Waals surface area contributed by atoms with E-state index in [-0.39, 0.29) is 6.09 Å². The van der Waals surface area contributed by atoms with Gasteiger partial charge in [-0.15, -0.1) is 0 Å². The van der Waals surface area contributed by atoms with Gasteiger partial charge in [0.15, 0.2) is 0 Å². The van der Waals surface area contributed by atoms with Crippen LogP contribution in [0.4, 0.5) is 10.6 Å². The summed E-state index contributed by atoms with van der Waals surface area (Å²) in [7, 11) is 0. The average molecular weight is 320 g/mol. The molecule has 6 heteroatoms. The Bertz CT molecular complexity index is 554. The average Bonchev–Trinajstić information content (AvgIpc) is 2.71. The zero-order valence-corrected chi connectivity index (χ0v) is 14.6. The Hall–Kier alpha value is -1.82. The number of hydrogen-bond donors (Lipinski definition) is 1. The highest BCUT2D eigenvalue weighted by Crippen LogP contribution is 2.20. The van der Waals surface area contributed by atoms with E-state index >= 15 is 0 Å². The van der Waals surface area contributed by atoms with Gasteiger partial charge in [0.2, 0.25) is 0 Å². The van der Waals surface area contributed by atoms with E-state index in [1.807, 2.05) is 39.8 Å². The van der Waals surface area contributed by atoms with Crippen LogP contribution in [0.15, 0.2) is 12.1 Å². The molecule has 0 spiro atoms. The summed E-state index contributed by atoms with van der Waals surface area (Å²) in [6.45, 7) is 11.1. The fraction of sp³-hybridized carbons (Fsp3) is 0.647. The van der Waals surface area contributed by atoms with Gasteiger partial charge in [0.1, 0.15) is 11.4 Å². The lowest BCUT2D eigenvalue weighted by Gasteiger charge is -2.27. The zero-order valence-electron chi connectivity index (χ0n) is 14.6. The maximum atomic E-state index is 12.2. The van der Waals surface area contributed by atoms with E-state index in [0.717, 1.165) is 36.6 Å². The van der Waals surface area contributed by atoms with Gasteiger partial charge in [-0.1, -0.05) is 6.07 Å². The lowest BCUT2D eigenvalue weighted by atomic mass is 10.2. The molecule has 0 bridgehead atoms. The molecule has 23 heavy (non-hydrogen) atoms. The minimum absolute atomic E-state index is 0.240. The Balaban J connectivity index is 2.07. The summed E-state index contributed by atoms with van der Waals surface area (Å²) in [5.74, 6) is 0.943. The van der Waals surface area contributed by atoms with E-state index < -0.39 is 5.60 Å². The van der Waals surface area contributed by atoms with Gasteiger partial charge in [0.25, 0.3) is 0 Å². The molecule has 0 saturated carbocycles.